The first kappa shape index (κ1) is 33.5. The highest BCUT2D eigenvalue weighted by Gasteiger charge is 2.31. The summed E-state index contributed by atoms with van der Waals surface area (Å²) in [4.78, 5) is 54.3. The van der Waals surface area contributed by atoms with Gasteiger partial charge in [-0.2, -0.15) is 11.8 Å². The van der Waals surface area contributed by atoms with E-state index in [1.54, 1.807) is 0 Å². The van der Waals surface area contributed by atoms with Crippen molar-refractivity contribution < 1.29 is 24.3 Å². The molecule has 0 spiro atoms. The number of nitrogens with one attached hydrogen (secondary N) is 3. The maximum atomic E-state index is 13.2. The van der Waals surface area contributed by atoms with Gasteiger partial charge < -0.3 is 38.3 Å². The van der Waals surface area contributed by atoms with E-state index in [0.717, 1.165) is 0 Å². The molecular formula is C23H45N7O5S. The third kappa shape index (κ3) is 13.5. The number of hydrogen-bond acceptors (Lipinski definition) is 7. The molecule has 0 radical (unpaired) electrons. The topological polar surface area (TPSA) is 215 Å². The number of amides is 3. The van der Waals surface area contributed by atoms with Crippen LogP contribution in [0.15, 0.2) is 4.99 Å². The Hall–Kier alpha value is -2.54. The number of rotatable bonds is 18. The lowest BCUT2D eigenvalue weighted by atomic mass is 9.98. The number of carboxylic acid groups (broad SMARTS) is 1. The van der Waals surface area contributed by atoms with E-state index in [2.05, 4.69) is 20.9 Å². The van der Waals surface area contributed by atoms with E-state index in [4.69, 9.17) is 17.2 Å². The first-order valence-electron chi connectivity index (χ1n) is 12.3. The van der Waals surface area contributed by atoms with Crippen LogP contribution in [0.1, 0.15) is 59.8 Å². The van der Waals surface area contributed by atoms with Gasteiger partial charge >= 0.3 is 5.97 Å². The summed E-state index contributed by atoms with van der Waals surface area (Å²) in [5.74, 6) is -2.36. The molecule has 0 aromatic rings. The molecule has 12 nitrogen and oxygen atoms in total. The Bertz CT molecular complexity index is 746. The van der Waals surface area contributed by atoms with Crippen LogP contribution in [0.5, 0.6) is 0 Å². The van der Waals surface area contributed by atoms with Crippen LogP contribution in [-0.4, -0.2) is 77.5 Å². The van der Waals surface area contributed by atoms with Crippen molar-refractivity contribution in [3.05, 3.63) is 0 Å². The maximum Gasteiger partial charge on any atom is 0.326 e. The number of carboxylic acids is 1. The quantitative estimate of drug-likeness (QED) is 0.0704. The average Bonchev–Trinajstić information content (AvgIpc) is 2.80. The number of carbonyl (C=O) groups is 4. The van der Waals surface area contributed by atoms with Crippen LogP contribution in [0.4, 0.5) is 0 Å². The molecule has 0 aromatic heterocycles. The SMILES string of the molecule is CCC(C)C(N)C(=O)NC(CCCN=C(N)N)C(=O)NC(CC(C)C)C(=O)NC(CCSC)C(=O)O. The summed E-state index contributed by atoms with van der Waals surface area (Å²) in [5.41, 5.74) is 16.7. The van der Waals surface area contributed by atoms with Crippen LogP contribution in [0, 0.1) is 11.8 Å². The fourth-order valence-electron chi connectivity index (χ4n) is 3.29. The molecule has 0 aliphatic rings. The Morgan fingerprint density at radius 1 is 0.917 bits per heavy atom. The molecule has 0 aliphatic carbocycles. The average molecular weight is 532 g/mol. The van der Waals surface area contributed by atoms with Gasteiger partial charge in [0, 0.05) is 6.54 Å². The Morgan fingerprint density at radius 3 is 1.97 bits per heavy atom. The minimum atomic E-state index is -1.14. The second-order valence-electron chi connectivity index (χ2n) is 9.29. The van der Waals surface area contributed by atoms with Crippen molar-refractivity contribution in [2.75, 3.05) is 18.6 Å². The summed E-state index contributed by atoms with van der Waals surface area (Å²) >= 11 is 1.47. The van der Waals surface area contributed by atoms with Gasteiger partial charge in [0.25, 0.3) is 0 Å². The number of hydrogen-bond donors (Lipinski definition) is 7. The molecule has 0 fully saturated rings. The summed E-state index contributed by atoms with van der Waals surface area (Å²) in [5, 5.41) is 17.4. The summed E-state index contributed by atoms with van der Waals surface area (Å²) in [6.45, 7) is 7.78. The zero-order valence-corrected chi connectivity index (χ0v) is 22.9. The number of aliphatic imine (C=N–C) groups is 1. The number of aliphatic carboxylic acids is 1. The molecular weight excluding hydrogens is 486 g/mol. The number of guanidine groups is 1. The van der Waals surface area contributed by atoms with E-state index in [1.165, 1.54) is 11.8 Å². The predicted octanol–water partition coefficient (Wildman–Crippen LogP) is -0.248. The number of nitrogens with two attached hydrogens (primary N) is 3. The van der Waals surface area contributed by atoms with E-state index in [-0.39, 0.29) is 43.6 Å². The lowest BCUT2D eigenvalue weighted by Gasteiger charge is -2.26. The van der Waals surface area contributed by atoms with E-state index >= 15 is 0 Å². The van der Waals surface area contributed by atoms with E-state index in [1.807, 2.05) is 34.0 Å². The zero-order valence-electron chi connectivity index (χ0n) is 22.1. The first-order valence-corrected chi connectivity index (χ1v) is 13.7. The van der Waals surface area contributed by atoms with Crippen LogP contribution in [0.2, 0.25) is 0 Å². The van der Waals surface area contributed by atoms with Gasteiger partial charge in [-0.05, 0) is 49.5 Å². The molecule has 208 valence electrons. The molecule has 10 N–H and O–H groups in total. The van der Waals surface area contributed by atoms with Crippen LogP contribution in [-0.2, 0) is 19.2 Å². The third-order valence-electron chi connectivity index (χ3n) is 5.70. The van der Waals surface area contributed by atoms with Gasteiger partial charge in [-0.25, -0.2) is 4.79 Å². The molecule has 0 aliphatic heterocycles. The second kappa shape index (κ2) is 17.8. The van der Waals surface area contributed by atoms with Crippen molar-refractivity contribution in [3.8, 4) is 0 Å². The summed E-state index contributed by atoms with van der Waals surface area (Å²) in [6.07, 6.45) is 3.68. The Kier molecular flexibility index (Phi) is 16.6. The summed E-state index contributed by atoms with van der Waals surface area (Å²) in [7, 11) is 0. The second-order valence-corrected chi connectivity index (χ2v) is 10.3. The Balaban J connectivity index is 5.62. The van der Waals surface area contributed by atoms with E-state index in [0.29, 0.717) is 18.6 Å². The molecule has 36 heavy (non-hydrogen) atoms. The first-order chi connectivity index (χ1) is 16.8. The van der Waals surface area contributed by atoms with E-state index < -0.39 is 47.9 Å². The number of thioether (sulfide) groups is 1. The van der Waals surface area contributed by atoms with Gasteiger partial charge in [-0.1, -0.05) is 34.1 Å². The molecule has 0 heterocycles. The molecule has 0 rings (SSSR count). The lowest BCUT2D eigenvalue weighted by molar-refractivity contribution is -0.142. The van der Waals surface area contributed by atoms with E-state index in [9.17, 15) is 24.3 Å². The van der Waals surface area contributed by atoms with Crippen LogP contribution >= 0.6 is 11.8 Å². The maximum absolute atomic E-state index is 13.2. The van der Waals surface area contributed by atoms with Gasteiger partial charge in [-0.15, -0.1) is 0 Å². The van der Waals surface area contributed by atoms with Crippen molar-refractivity contribution in [2.24, 2.45) is 34.0 Å². The number of nitrogens with zero attached hydrogens (tertiary/aromatic N) is 1. The monoisotopic (exact) mass is 531 g/mol. The minimum absolute atomic E-state index is 0.0317. The largest absolute Gasteiger partial charge is 0.480 e. The molecule has 5 atom stereocenters. The van der Waals surface area contributed by atoms with Crippen molar-refractivity contribution in [1.82, 2.24) is 16.0 Å². The molecule has 5 unspecified atom stereocenters. The molecule has 0 saturated carbocycles. The smallest absolute Gasteiger partial charge is 0.326 e. The Morgan fingerprint density at radius 2 is 1.47 bits per heavy atom. The fraction of sp³-hybridized carbons (Fsp3) is 0.783. The highest BCUT2D eigenvalue weighted by atomic mass is 32.2. The molecule has 0 saturated heterocycles. The van der Waals surface area contributed by atoms with Crippen LogP contribution in [0.25, 0.3) is 0 Å². The summed E-state index contributed by atoms with van der Waals surface area (Å²) < 4.78 is 0. The highest BCUT2D eigenvalue weighted by Crippen LogP contribution is 2.10. The van der Waals surface area contributed by atoms with Gasteiger partial charge in [0.05, 0.1) is 6.04 Å². The van der Waals surface area contributed by atoms with Crippen LogP contribution < -0.4 is 33.2 Å². The van der Waals surface area contributed by atoms with Crippen molar-refractivity contribution in [2.45, 2.75) is 84.0 Å². The molecule has 13 heteroatoms. The summed E-state index contributed by atoms with van der Waals surface area (Å²) in [6, 6.07) is -3.82. The normalized spacial score (nSPS) is 15.2. The minimum Gasteiger partial charge on any atom is -0.480 e. The van der Waals surface area contributed by atoms with Crippen LogP contribution in [0.3, 0.4) is 0 Å². The molecule has 0 aromatic carbocycles. The van der Waals surface area contributed by atoms with Crippen molar-refractivity contribution >= 4 is 41.4 Å². The zero-order chi connectivity index (χ0) is 27.8. The van der Waals surface area contributed by atoms with Crippen molar-refractivity contribution in [1.29, 1.82) is 0 Å². The van der Waals surface area contributed by atoms with Crippen molar-refractivity contribution in [3.63, 3.8) is 0 Å². The number of carbonyl (C=O) groups excluding carboxylic acids is 3. The molecule has 0 bridgehead atoms. The third-order valence-corrected chi connectivity index (χ3v) is 6.35. The standard InChI is InChI=1S/C23H45N7O5S/c1-6-14(4)18(24)21(33)28-15(8-7-10-27-23(25)26)19(31)30-17(12-13(2)3)20(32)29-16(22(34)35)9-11-36-5/h13-18H,6-12,24H2,1-5H3,(H,28,33)(H,29,32)(H,30,31)(H,34,35)(H4,25,26,27). The van der Waals surface area contributed by atoms with Gasteiger partial charge in [-0.3, -0.25) is 19.4 Å². The molecule has 3 amide bonds. The predicted molar refractivity (Wildman–Crippen MR) is 143 cm³/mol. The van der Waals surface area contributed by atoms with Gasteiger partial charge in [0.1, 0.15) is 18.1 Å². The fourth-order valence-corrected chi connectivity index (χ4v) is 3.76. The van der Waals surface area contributed by atoms with Gasteiger partial charge in [0.2, 0.25) is 17.7 Å². The van der Waals surface area contributed by atoms with Gasteiger partial charge in [0.15, 0.2) is 5.96 Å². The highest BCUT2D eigenvalue weighted by molar-refractivity contribution is 7.98. The lowest BCUT2D eigenvalue weighted by Crippen LogP contribution is -2.57. The Labute approximate surface area is 218 Å².